The van der Waals surface area contributed by atoms with Gasteiger partial charge >= 0.3 is 0 Å². The molecule has 6 heteroatoms. The number of halogens is 2. The molecule has 1 N–H and O–H groups in total. The summed E-state index contributed by atoms with van der Waals surface area (Å²) in [6, 6.07) is 10.5. The first-order valence-electron chi connectivity index (χ1n) is 6.69. The van der Waals surface area contributed by atoms with E-state index in [0.717, 1.165) is 11.6 Å². The van der Waals surface area contributed by atoms with E-state index in [1.165, 1.54) is 13.2 Å². The van der Waals surface area contributed by atoms with Gasteiger partial charge in [0.1, 0.15) is 5.82 Å². The highest BCUT2D eigenvalue weighted by atomic mass is 19.1. The van der Waals surface area contributed by atoms with Gasteiger partial charge in [-0.1, -0.05) is 24.3 Å². The van der Waals surface area contributed by atoms with Crippen molar-refractivity contribution in [2.45, 2.75) is 0 Å². The predicted octanol–water partition coefficient (Wildman–Crippen LogP) is 4.58. The smallest absolute Gasteiger partial charge is 0.187 e. The molecule has 23 heavy (non-hydrogen) atoms. The molecule has 0 saturated carbocycles. The molecule has 3 rings (SSSR count). The van der Waals surface area contributed by atoms with Gasteiger partial charge < -0.3 is 4.74 Å². The molecular formula is C17H11F2N3O. The molecule has 1 heterocycles. The zero-order chi connectivity index (χ0) is 16.4. The van der Waals surface area contributed by atoms with E-state index >= 15 is 0 Å². The van der Waals surface area contributed by atoms with Crippen molar-refractivity contribution in [2.75, 3.05) is 7.11 Å². The van der Waals surface area contributed by atoms with E-state index in [4.69, 9.17) is 11.3 Å². The van der Waals surface area contributed by atoms with Crippen LogP contribution in [0.3, 0.4) is 0 Å². The first-order valence-corrected chi connectivity index (χ1v) is 6.69. The molecule has 2 aromatic carbocycles. The average molecular weight is 311 g/mol. The molecule has 114 valence electrons. The molecule has 0 radical (unpaired) electrons. The third kappa shape index (κ3) is 2.77. The topological polar surface area (TPSA) is 42.3 Å². The Morgan fingerprint density at radius 3 is 2.52 bits per heavy atom. The second-order valence-corrected chi connectivity index (χ2v) is 4.79. The van der Waals surface area contributed by atoms with Gasteiger partial charge in [0.2, 0.25) is 0 Å². The maximum atomic E-state index is 13.8. The zero-order valence-corrected chi connectivity index (χ0v) is 12.1. The Balaban J connectivity index is 2.04. The highest BCUT2D eigenvalue weighted by molar-refractivity contribution is 5.73. The SMILES string of the molecule is [C-]#[N+]c1ccc(-c2cc(-c3cc(F)cc(F)c3OC)[nH]n2)cc1. The molecule has 0 aliphatic rings. The fourth-order valence-corrected chi connectivity index (χ4v) is 2.28. The largest absolute Gasteiger partial charge is 0.493 e. The Morgan fingerprint density at radius 1 is 1.13 bits per heavy atom. The van der Waals surface area contributed by atoms with Crippen molar-refractivity contribution in [1.29, 1.82) is 0 Å². The standard InChI is InChI=1S/C17H11F2N3O/c1-20-12-5-3-10(4-6-12)15-9-16(22-21-15)13-7-11(18)8-14(19)17(13)23-2/h3-9H,2H3,(H,21,22). The second-order valence-electron chi connectivity index (χ2n) is 4.79. The van der Waals surface area contributed by atoms with E-state index in [2.05, 4.69) is 15.0 Å². The Kier molecular flexibility index (Phi) is 3.77. The summed E-state index contributed by atoms with van der Waals surface area (Å²) in [5, 5.41) is 6.90. The Labute approximate surface area is 131 Å². The van der Waals surface area contributed by atoms with Crippen molar-refractivity contribution in [2.24, 2.45) is 0 Å². The van der Waals surface area contributed by atoms with E-state index in [9.17, 15) is 8.78 Å². The first-order chi connectivity index (χ1) is 11.1. The van der Waals surface area contributed by atoms with Crippen molar-refractivity contribution in [3.8, 4) is 28.3 Å². The summed E-state index contributed by atoms with van der Waals surface area (Å²) in [6.07, 6.45) is 0. The molecule has 0 amide bonds. The molecule has 0 bridgehead atoms. The van der Waals surface area contributed by atoms with Crippen molar-refractivity contribution < 1.29 is 13.5 Å². The number of ether oxygens (including phenoxy) is 1. The van der Waals surface area contributed by atoms with Gasteiger partial charge in [-0.25, -0.2) is 13.6 Å². The molecule has 0 saturated heterocycles. The van der Waals surface area contributed by atoms with Gasteiger partial charge in [0.15, 0.2) is 17.3 Å². The van der Waals surface area contributed by atoms with Gasteiger partial charge in [-0.2, -0.15) is 5.10 Å². The lowest BCUT2D eigenvalue weighted by atomic mass is 10.1. The number of rotatable bonds is 3. The number of methoxy groups -OCH3 is 1. The summed E-state index contributed by atoms with van der Waals surface area (Å²) in [7, 11) is 1.32. The van der Waals surface area contributed by atoms with Crippen LogP contribution in [0.5, 0.6) is 5.75 Å². The molecule has 3 aromatic rings. The van der Waals surface area contributed by atoms with Crippen molar-refractivity contribution in [3.05, 3.63) is 65.5 Å². The van der Waals surface area contributed by atoms with Crippen LogP contribution in [0.1, 0.15) is 0 Å². The lowest BCUT2D eigenvalue weighted by Gasteiger charge is -2.07. The monoisotopic (exact) mass is 311 g/mol. The number of aromatic nitrogens is 2. The van der Waals surface area contributed by atoms with Crippen LogP contribution in [0.4, 0.5) is 14.5 Å². The molecule has 0 spiro atoms. The molecular weight excluding hydrogens is 300 g/mol. The number of nitrogens with one attached hydrogen (secondary N) is 1. The number of benzene rings is 2. The highest BCUT2D eigenvalue weighted by Crippen LogP contribution is 2.34. The van der Waals surface area contributed by atoms with Crippen LogP contribution < -0.4 is 4.74 Å². The van der Waals surface area contributed by atoms with Gasteiger partial charge in [0.05, 0.1) is 25.1 Å². The second kappa shape index (κ2) is 5.89. The summed E-state index contributed by atoms with van der Waals surface area (Å²) in [5.74, 6) is -1.53. The van der Waals surface area contributed by atoms with E-state index in [-0.39, 0.29) is 11.3 Å². The van der Waals surface area contributed by atoms with Crippen LogP contribution in [0.25, 0.3) is 27.4 Å². The van der Waals surface area contributed by atoms with E-state index in [0.29, 0.717) is 17.1 Å². The molecule has 0 unspecified atom stereocenters. The minimum atomic E-state index is -0.778. The summed E-state index contributed by atoms with van der Waals surface area (Å²) < 4.78 is 32.3. The first kappa shape index (κ1) is 14.7. The molecule has 1 aromatic heterocycles. The lowest BCUT2D eigenvalue weighted by molar-refractivity contribution is 0.386. The number of hydrogen-bond acceptors (Lipinski definition) is 2. The van der Waals surface area contributed by atoms with Gasteiger partial charge in [0.25, 0.3) is 0 Å². The Hall–Kier alpha value is -3.20. The molecule has 0 aliphatic heterocycles. The van der Waals surface area contributed by atoms with Crippen molar-refractivity contribution in [3.63, 3.8) is 0 Å². The molecule has 0 atom stereocenters. The lowest BCUT2D eigenvalue weighted by Crippen LogP contribution is -1.94. The molecule has 0 aliphatic carbocycles. The van der Waals surface area contributed by atoms with Crippen LogP contribution >= 0.6 is 0 Å². The highest BCUT2D eigenvalue weighted by Gasteiger charge is 2.16. The van der Waals surface area contributed by atoms with E-state index in [1.807, 2.05) is 0 Å². The number of H-pyrrole nitrogens is 1. The maximum Gasteiger partial charge on any atom is 0.187 e. The molecule has 4 nitrogen and oxygen atoms in total. The van der Waals surface area contributed by atoms with Gasteiger partial charge in [-0.3, -0.25) is 5.10 Å². The maximum absolute atomic E-state index is 13.8. The van der Waals surface area contributed by atoms with Crippen molar-refractivity contribution >= 4 is 5.69 Å². The number of aromatic amines is 1. The van der Waals surface area contributed by atoms with E-state index < -0.39 is 11.6 Å². The third-order valence-corrected chi connectivity index (χ3v) is 3.37. The van der Waals surface area contributed by atoms with Crippen LogP contribution in [0, 0.1) is 18.2 Å². The van der Waals surface area contributed by atoms with Crippen LogP contribution in [0.15, 0.2) is 42.5 Å². The third-order valence-electron chi connectivity index (χ3n) is 3.37. The van der Waals surface area contributed by atoms with Gasteiger partial charge in [-0.15, -0.1) is 0 Å². The Morgan fingerprint density at radius 2 is 1.87 bits per heavy atom. The fraction of sp³-hybridized carbons (Fsp3) is 0.0588. The quantitative estimate of drug-likeness (QED) is 0.719. The van der Waals surface area contributed by atoms with Gasteiger partial charge in [-0.05, 0) is 17.7 Å². The van der Waals surface area contributed by atoms with Crippen LogP contribution in [0.2, 0.25) is 0 Å². The zero-order valence-electron chi connectivity index (χ0n) is 12.1. The van der Waals surface area contributed by atoms with Crippen molar-refractivity contribution in [1.82, 2.24) is 10.2 Å². The van der Waals surface area contributed by atoms with E-state index in [1.54, 1.807) is 30.3 Å². The fourth-order valence-electron chi connectivity index (χ4n) is 2.28. The normalized spacial score (nSPS) is 10.3. The predicted molar refractivity (Wildman–Crippen MR) is 82.2 cm³/mol. The molecule has 0 fully saturated rings. The summed E-state index contributed by atoms with van der Waals surface area (Å²) in [5.41, 5.74) is 2.60. The summed E-state index contributed by atoms with van der Waals surface area (Å²) >= 11 is 0. The average Bonchev–Trinajstić information content (AvgIpc) is 3.04. The van der Waals surface area contributed by atoms with Crippen LogP contribution in [-0.2, 0) is 0 Å². The number of nitrogens with zero attached hydrogens (tertiary/aromatic N) is 2. The minimum absolute atomic E-state index is 0.0510. The minimum Gasteiger partial charge on any atom is -0.493 e. The van der Waals surface area contributed by atoms with Gasteiger partial charge in [0, 0.05) is 11.6 Å². The summed E-state index contributed by atoms with van der Waals surface area (Å²) in [4.78, 5) is 3.32. The number of hydrogen-bond donors (Lipinski definition) is 1. The Bertz CT molecular complexity index is 895. The summed E-state index contributed by atoms with van der Waals surface area (Å²) in [6.45, 7) is 6.94. The van der Waals surface area contributed by atoms with Crippen LogP contribution in [-0.4, -0.2) is 17.3 Å².